The summed E-state index contributed by atoms with van der Waals surface area (Å²) in [5, 5.41) is 0. The molecular formula is C10H21N3O. The Morgan fingerprint density at radius 2 is 2.29 bits per heavy atom. The lowest BCUT2D eigenvalue weighted by Crippen LogP contribution is -2.40. The van der Waals surface area contributed by atoms with Gasteiger partial charge in [0.25, 0.3) is 0 Å². The Balaban J connectivity index is 2.29. The molecule has 1 fully saturated rings. The number of carbonyl (C=O) groups excluding carboxylic acids is 1. The van der Waals surface area contributed by atoms with Gasteiger partial charge in [-0.3, -0.25) is 10.2 Å². The van der Waals surface area contributed by atoms with Crippen LogP contribution in [0.5, 0.6) is 0 Å². The molecule has 0 radical (unpaired) electrons. The van der Waals surface area contributed by atoms with E-state index < -0.39 is 0 Å². The van der Waals surface area contributed by atoms with Gasteiger partial charge in [-0.1, -0.05) is 6.92 Å². The molecule has 0 heterocycles. The summed E-state index contributed by atoms with van der Waals surface area (Å²) in [6.45, 7) is 6.37. The maximum atomic E-state index is 11.1. The lowest BCUT2D eigenvalue weighted by molar-refractivity contribution is -0.122. The van der Waals surface area contributed by atoms with Crippen LogP contribution >= 0.6 is 0 Å². The van der Waals surface area contributed by atoms with Gasteiger partial charge >= 0.3 is 0 Å². The van der Waals surface area contributed by atoms with E-state index in [2.05, 4.69) is 24.2 Å². The molecule has 1 saturated carbocycles. The van der Waals surface area contributed by atoms with Crippen LogP contribution in [0.25, 0.3) is 0 Å². The van der Waals surface area contributed by atoms with Gasteiger partial charge in [0.15, 0.2) is 0 Å². The first-order valence-electron chi connectivity index (χ1n) is 5.40. The van der Waals surface area contributed by atoms with Crippen LogP contribution in [0.15, 0.2) is 0 Å². The molecule has 0 aromatic rings. The summed E-state index contributed by atoms with van der Waals surface area (Å²) in [6.07, 6.45) is 3.20. The predicted octanol–water partition coefficient (Wildman–Crippen LogP) is 0.487. The zero-order chi connectivity index (χ0) is 10.6. The molecule has 1 amide bonds. The fourth-order valence-corrected chi connectivity index (χ4v) is 1.71. The summed E-state index contributed by atoms with van der Waals surface area (Å²) < 4.78 is 0. The van der Waals surface area contributed by atoms with Crippen LogP contribution in [0.4, 0.5) is 0 Å². The zero-order valence-corrected chi connectivity index (χ0v) is 9.12. The molecule has 0 aromatic carbocycles. The Kier molecular flexibility index (Phi) is 4.35. The number of nitrogens with two attached hydrogens (primary N) is 1. The zero-order valence-electron chi connectivity index (χ0n) is 9.12. The van der Waals surface area contributed by atoms with Gasteiger partial charge in [0.2, 0.25) is 5.91 Å². The highest BCUT2D eigenvalue weighted by atomic mass is 16.2. The fourth-order valence-electron chi connectivity index (χ4n) is 1.71. The normalized spacial score (nSPS) is 18.3. The highest BCUT2D eigenvalue weighted by Gasteiger charge is 2.26. The van der Waals surface area contributed by atoms with Gasteiger partial charge in [0.1, 0.15) is 0 Å². The minimum absolute atomic E-state index is 0.0771. The van der Waals surface area contributed by atoms with E-state index in [1.165, 1.54) is 12.8 Å². The van der Waals surface area contributed by atoms with Crippen molar-refractivity contribution < 1.29 is 4.79 Å². The molecule has 1 aliphatic rings. The van der Waals surface area contributed by atoms with Gasteiger partial charge in [-0.05, 0) is 32.2 Å². The van der Waals surface area contributed by atoms with Gasteiger partial charge in [-0.15, -0.1) is 0 Å². The Morgan fingerprint density at radius 3 is 2.71 bits per heavy atom. The quantitative estimate of drug-likeness (QED) is 0.372. The Labute approximate surface area is 85.8 Å². The van der Waals surface area contributed by atoms with E-state index in [1.54, 1.807) is 0 Å². The van der Waals surface area contributed by atoms with E-state index in [4.69, 9.17) is 5.84 Å². The third kappa shape index (κ3) is 3.64. The van der Waals surface area contributed by atoms with Crippen molar-refractivity contribution >= 4 is 5.91 Å². The fraction of sp³-hybridized carbons (Fsp3) is 0.900. The average molecular weight is 199 g/mol. The molecule has 14 heavy (non-hydrogen) atoms. The standard InChI is InChI=1S/C10H21N3O/c1-3-13(7-9-4-5-9)8(2)6-10(14)12-11/h8-9H,3-7,11H2,1-2H3,(H,12,14). The smallest absolute Gasteiger partial charge is 0.235 e. The first kappa shape index (κ1) is 11.5. The summed E-state index contributed by atoms with van der Waals surface area (Å²) >= 11 is 0. The first-order chi connectivity index (χ1) is 6.67. The number of nitrogens with one attached hydrogen (secondary N) is 1. The van der Waals surface area contributed by atoms with Crippen molar-refractivity contribution in [1.29, 1.82) is 0 Å². The minimum Gasteiger partial charge on any atom is -0.300 e. The molecule has 0 saturated heterocycles. The lowest BCUT2D eigenvalue weighted by atomic mass is 10.2. The average Bonchev–Trinajstić information content (AvgIpc) is 2.97. The van der Waals surface area contributed by atoms with Crippen molar-refractivity contribution in [1.82, 2.24) is 10.3 Å². The second-order valence-corrected chi connectivity index (χ2v) is 4.15. The highest BCUT2D eigenvalue weighted by molar-refractivity contribution is 5.75. The molecule has 0 aliphatic heterocycles. The third-order valence-corrected chi connectivity index (χ3v) is 2.86. The van der Waals surface area contributed by atoms with Crippen molar-refractivity contribution in [3.8, 4) is 0 Å². The molecule has 4 nitrogen and oxygen atoms in total. The van der Waals surface area contributed by atoms with Gasteiger partial charge in [-0.25, -0.2) is 5.84 Å². The van der Waals surface area contributed by atoms with Crippen LogP contribution in [0.1, 0.15) is 33.1 Å². The second-order valence-electron chi connectivity index (χ2n) is 4.15. The maximum absolute atomic E-state index is 11.1. The maximum Gasteiger partial charge on any atom is 0.235 e. The second kappa shape index (κ2) is 5.32. The van der Waals surface area contributed by atoms with E-state index in [-0.39, 0.29) is 5.91 Å². The SMILES string of the molecule is CCN(CC1CC1)C(C)CC(=O)NN. The van der Waals surface area contributed by atoms with Gasteiger partial charge in [0, 0.05) is 19.0 Å². The number of hydrogen-bond donors (Lipinski definition) is 2. The van der Waals surface area contributed by atoms with Crippen molar-refractivity contribution in [2.45, 2.75) is 39.2 Å². The Bertz CT molecular complexity index is 192. The molecule has 82 valence electrons. The molecule has 0 spiro atoms. The summed E-state index contributed by atoms with van der Waals surface area (Å²) in [7, 11) is 0. The summed E-state index contributed by atoms with van der Waals surface area (Å²) in [5.74, 6) is 5.85. The molecule has 3 N–H and O–H groups in total. The van der Waals surface area contributed by atoms with Crippen LogP contribution in [0, 0.1) is 5.92 Å². The van der Waals surface area contributed by atoms with Crippen molar-refractivity contribution in [2.75, 3.05) is 13.1 Å². The van der Waals surface area contributed by atoms with Crippen LogP contribution < -0.4 is 11.3 Å². The van der Waals surface area contributed by atoms with Gasteiger partial charge in [-0.2, -0.15) is 0 Å². The predicted molar refractivity (Wildman–Crippen MR) is 56.4 cm³/mol. The van der Waals surface area contributed by atoms with Crippen LogP contribution in [-0.2, 0) is 4.79 Å². The molecule has 0 aromatic heterocycles. The van der Waals surface area contributed by atoms with E-state index in [9.17, 15) is 4.79 Å². The monoisotopic (exact) mass is 199 g/mol. The molecule has 1 atom stereocenters. The summed E-state index contributed by atoms with van der Waals surface area (Å²) in [5.41, 5.74) is 2.18. The number of nitrogens with zero attached hydrogens (tertiary/aromatic N) is 1. The number of hydrazine groups is 1. The summed E-state index contributed by atoms with van der Waals surface area (Å²) in [4.78, 5) is 13.4. The molecular weight excluding hydrogens is 178 g/mol. The largest absolute Gasteiger partial charge is 0.300 e. The van der Waals surface area contributed by atoms with E-state index in [0.29, 0.717) is 12.5 Å². The van der Waals surface area contributed by atoms with Crippen LogP contribution in [-0.4, -0.2) is 29.9 Å². The topological polar surface area (TPSA) is 58.4 Å². The van der Waals surface area contributed by atoms with E-state index >= 15 is 0 Å². The van der Waals surface area contributed by atoms with Crippen molar-refractivity contribution in [3.63, 3.8) is 0 Å². The molecule has 1 rings (SSSR count). The van der Waals surface area contributed by atoms with Crippen LogP contribution in [0.2, 0.25) is 0 Å². The van der Waals surface area contributed by atoms with Crippen LogP contribution in [0.3, 0.4) is 0 Å². The Morgan fingerprint density at radius 1 is 1.64 bits per heavy atom. The lowest BCUT2D eigenvalue weighted by Gasteiger charge is -2.27. The van der Waals surface area contributed by atoms with E-state index in [0.717, 1.165) is 19.0 Å². The molecule has 1 unspecified atom stereocenters. The third-order valence-electron chi connectivity index (χ3n) is 2.86. The van der Waals surface area contributed by atoms with Crippen molar-refractivity contribution in [2.24, 2.45) is 11.8 Å². The summed E-state index contributed by atoms with van der Waals surface area (Å²) in [6, 6.07) is 0.296. The number of amides is 1. The van der Waals surface area contributed by atoms with Gasteiger partial charge in [0.05, 0.1) is 0 Å². The minimum atomic E-state index is -0.0771. The molecule has 1 aliphatic carbocycles. The number of carbonyl (C=O) groups is 1. The first-order valence-corrected chi connectivity index (χ1v) is 5.40. The van der Waals surface area contributed by atoms with Crippen molar-refractivity contribution in [3.05, 3.63) is 0 Å². The Hall–Kier alpha value is -0.610. The highest BCUT2D eigenvalue weighted by Crippen LogP contribution is 2.30. The van der Waals surface area contributed by atoms with Gasteiger partial charge < -0.3 is 4.90 Å². The molecule has 0 bridgehead atoms. The number of hydrogen-bond acceptors (Lipinski definition) is 3. The van der Waals surface area contributed by atoms with E-state index in [1.807, 2.05) is 0 Å². The molecule has 4 heteroatoms. The number of rotatable bonds is 6.